The van der Waals surface area contributed by atoms with Crippen LogP contribution in [0.1, 0.15) is 61.7 Å². The van der Waals surface area contributed by atoms with E-state index < -0.39 is 6.04 Å². The van der Waals surface area contributed by atoms with Crippen molar-refractivity contribution in [3.8, 4) is 5.75 Å². The first-order chi connectivity index (χ1) is 14.5. The Morgan fingerprint density at radius 2 is 1.83 bits per heavy atom. The van der Waals surface area contributed by atoms with Gasteiger partial charge >= 0.3 is 0 Å². The monoisotopic (exact) mass is 430 g/mol. The van der Waals surface area contributed by atoms with E-state index in [9.17, 15) is 9.59 Å². The maximum atomic E-state index is 13.2. The molecule has 1 heterocycles. The van der Waals surface area contributed by atoms with Gasteiger partial charge in [0.1, 0.15) is 11.8 Å². The van der Waals surface area contributed by atoms with Gasteiger partial charge in [-0.25, -0.2) is 0 Å². The smallest absolute Gasteiger partial charge is 0.258 e. The maximum Gasteiger partial charge on any atom is 0.258 e. The summed E-state index contributed by atoms with van der Waals surface area (Å²) >= 11 is 6.12. The molecule has 2 amide bonds. The number of nitrogens with zero attached hydrogens (tertiary/aromatic N) is 1. The highest BCUT2D eigenvalue weighted by molar-refractivity contribution is 6.31. The van der Waals surface area contributed by atoms with Gasteiger partial charge in [-0.05, 0) is 92.7 Å². The van der Waals surface area contributed by atoms with Crippen molar-refractivity contribution in [2.75, 3.05) is 20.2 Å². The number of hydrogen-bond donors (Lipinski definition) is 1. The number of benzene rings is 1. The molecule has 162 valence electrons. The number of amides is 2. The molecule has 4 aliphatic carbocycles. The minimum absolute atomic E-state index is 0.00223. The van der Waals surface area contributed by atoms with E-state index >= 15 is 0 Å². The fourth-order valence-electron chi connectivity index (χ4n) is 7.18. The van der Waals surface area contributed by atoms with E-state index in [1.165, 1.54) is 38.5 Å². The Bertz CT molecular complexity index is 820. The van der Waals surface area contributed by atoms with Gasteiger partial charge in [0.05, 0.1) is 12.7 Å². The molecule has 4 bridgehead atoms. The normalized spacial score (nSPS) is 34.3. The third-order valence-electron chi connectivity index (χ3n) is 8.01. The molecular formula is C24H31ClN2O3. The Kier molecular flexibility index (Phi) is 5.20. The van der Waals surface area contributed by atoms with Crippen LogP contribution < -0.4 is 10.1 Å². The number of likely N-dealkylation sites (tertiary alicyclic amines) is 1. The first kappa shape index (κ1) is 20.2. The minimum Gasteiger partial charge on any atom is -0.496 e. The molecule has 4 saturated carbocycles. The molecule has 0 radical (unpaired) electrons. The third-order valence-corrected chi connectivity index (χ3v) is 8.25. The summed E-state index contributed by atoms with van der Waals surface area (Å²) in [6, 6.07) is 4.63. The molecular weight excluding hydrogens is 400 g/mol. The van der Waals surface area contributed by atoms with Crippen LogP contribution in [0.25, 0.3) is 0 Å². The maximum absolute atomic E-state index is 13.2. The lowest BCUT2D eigenvalue weighted by Crippen LogP contribution is -2.53. The fraction of sp³-hybridized carbons (Fsp3) is 0.667. The zero-order valence-corrected chi connectivity index (χ0v) is 18.4. The molecule has 1 unspecified atom stereocenters. The number of carbonyl (C=O) groups excluding carboxylic acids is 2. The lowest BCUT2D eigenvalue weighted by Gasteiger charge is -2.57. The number of methoxy groups -OCH3 is 1. The molecule has 5 aliphatic rings. The first-order valence-corrected chi connectivity index (χ1v) is 11.8. The summed E-state index contributed by atoms with van der Waals surface area (Å²) < 4.78 is 5.36. The summed E-state index contributed by atoms with van der Waals surface area (Å²) in [7, 11) is 1.54. The van der Waals surface area contributed by atoms with Crippen LogP contribution in [0, 0.1) is 23.2 Å². The summed E-state index contributed by atoms with van der Waals surface area (Å²) in [4.78, 5) is 28.1. The number of rotatable bonds is 5. The fourth-order valence-corrected chi connectivity index (χ4v) is 7.36. The van der Waals surface area contributed by atoms with Crippen LogP contribution in [0.5, 0.6) is 5.75 Å². The molecule has 1 N–H and O–H groups in total. The van der Waals surface area contributed by atoms with E-state index in [4.69, 9.17) is 16.3 Å². The van der Waals surface area contributed by atoms with Crippen molar-refractivity contribution in [3.05, 3.63) is 28.8 Å². The van der Waals surface area contributed by atoms with Gasteiger partial charge in [0.25, 0.3) is 5.91 Å². The van der Waals surface area contributed by atoms with Gasteiger partial charge in [0, 0.05) is 18.1 Å². The second-order valence-electron chi connectivity index (χ2n) is 10.1. The van der Waals surface area contributed by atoms with Gasteiger partial charge in [0.2, 0.25) is 5.91 Å². The Morgan fingerprint density at radius 1 is 1.17 bits per heavy atom. The molecule has 30 heavy (non-hydrogen) atoms. The van der Waals surface area contributed by atoms with Gasteiger partial charge in [-0.3, -0.25) is 9.59 Å². The van der Waals surface area contributed by atoms with Crippen LogP contribution in [0.15, 0.2) is 18.2 Å². The van der Waals surface area contributed by atoms with Gasteiger partial charge in [0.15, 0.2) is 0 Å². The molecule has 5 nitrogen and oxygen atoms in total. The molecule has 5 fully saturated rings. The lowest BCUT2D eigenvalue weighted by molar-refractivity contribution is -0.127. The van der Waals surface area contributed by atoms with E-state index in [2.05, 4.69) is 5.32 Å². The lowest BCUT2D eigenvalue weighted by atomic mass is 9.49. The van der Waals surface area contributed by atoms with Crippen molar-refractivity contribution < 1.29 is 14.3 Å². The first-order valence-electron chi connectivity index (χ1n) is 11.4. The minimum atomic E-state index is -0.407. The van der Waals surface area contributed by atoms with Crippen LogP contribution >= 0.6 is 11.6 Å². The number of carbonyl (C=O) groups is 2. The molecule has 1 saturated heterocycles. The quantitative estimate of drug-likeness (QED) is 0.758. The van der Waals surface area contributed by atoms with Crippen molar-refractivity contribution in [1.29, 1.82) is 0 Å². The molecule has 1 atom stereocenters. The number of hydrogen-bond acceptors (Lipinski definition) is 3. The van der Waals surface area contributed by atoms with Crippen LogP contribution in [0.4, 0.5) is 0 Å². The molecule has 0 spiro atoms. The molecule has 1 aliphatic heterocycles. The predicted octanol–water partition coefficient (Wildman–Crippen LogP) is 4.29. The highest BCUT2D eigenvalue weighted by Gasteiger charge is 2.51. The molecule has 1 aromatic rings. The van der Waals surface area contributed by atoms with E-state index in [-0.39, 0.29) is 11.8 Å². The Morgan fingerprint density at radius 3 is 2.47 bits per heavy atom. The number of halogens is 1. The highest BCUT2D eigenvalue weighted by Crippen LogP contribution is 2.59. The van der Waals surface area contributed by atoms with Gasteiger partial charge in [-0.1, -0.05) is 11.6 Å². The van der Waals surface area contributed by atoms with Gasteiger partial charge in [-0.2, -0.15) is 0 Å². The summed E-state index contributed by atoms with van der Waals surface area (Å²) in [6.07, 6.45) is 9.56. The predicted molar refractivity (Wildman–Crippen MR) is 116 cm³/mol. The van der Waals surface area contributed by atoms with Crippen LogP contribution in [-0.4, -0.2) is 43.0 Å². The van der Waals surface area contributed by atoms with Crippen molar-refractivity contribution in [2.45, 2.75) is 57.4 Å². The van der Waals surface area contributed by atoms with Crippen LogP contribution in [-0.2, 0) is 4.79 Å². The van der Waals surface area contributed by atoms with E-state index in [1.54, 1.807) is 30.2 Å². The van der Waals surface area contributed by atoms with Crippen LogP contribution in [0.2, 0.25) is 5.02 Å². The highest BCUT2D eigenvalue weighted by atomic mass is 35.5. The molecule has 6 rings (SSSR count). The Hall–Kier alpha value is -1.75. The zero-order valence-electron chi connectivity index (χ0n) is 17.7. The summed E-state index contributed by atoms with van der Waals surface area (Å²) in [5.41, 5.74) is 0.722. The topological polar surface area (TPSA) is 58.6 Å². The molecule has 6 heteroatoms. The summed E-state index contributed by atoms with van der Waals surface area (Å²) in [5.74, 6) is 2.91. The average molecular weight is 431 g/mol. The van der Waals surface area contributed by atoms with Crippen molar-refractivity contribution >= 4 is 23.4 Å². The largest absolute Gasteiger partial charge is 0.496 e. The average Bonchev–Trinajstić information content (AvgIpc) is 3.20. The van der Waals surface area contributed by atoms with E-state index in [0.717, 1.165) is 30.7 Å². The number of nitrogens with one attached hydrogen (secondary N) is 1. The Labute approximate surface area is 183 Å². The second-order valence-corrected chi connectivity index (χ2v) is 10.6. The van der Waals surface area contributed by atoms with E-state index in [1.807, 2.05) is 0 Å². The van der Waals surface area contributed by atoms with E-state index in [0.29, 0.717) is 34.7 Å². The van der Waals surface area contributed by atoms with Gasteiger partial charge < -0.3 is 15.0 Å². The standard InChI is InChI=1S/C24H31ClN2O3/c1-30-21-5-4-18(25)10-19(21)23(29)27-6-2-3-20(27)22(28)26-14-24-11-15-7-16(12-24)9-17(8-15)13-24/h4-5,10,15-17,20H,2-3,6-9,11-14H2,1H3,(H,26,28). The molecule has 0 aromatic heterocycles. The van der Waals surface area contributed by atoms with Crippen LogP contribution in [0.3, 0.4) is 0 Å². The van der Waals surface area contributed by atoms with Crippen molar-refractivity contribution in [2.24, 2.45) is 23.2 Å². The zero-order chi connectivity index (χ0) is 20.9. The Balaban J connectivity index is 1.27. The summed E-state index contributed by atoms with van der Waals surface area (Å²) in [6.45, 7) is 1.36. The SMILES string of the molecule is COc1ccc(Cl)cc1C(=O)N1CCCC1C(=O)NCC12CC3CC(CC(C3)C1)C2. The van der Waals surface area contributed by atoms with Gasteiger partial charge in [-0.15, -0.1) is 0 Å². The number of ether oxygens (including phenoxy) is 1. The third kappa shape index (κ3) is 3.59. The molecule has 1 aromatic carbocycles. The van der Waals surface area contributed by atoms with Crippen molar-refractivity contribution in [1.82, 2.24) is 10.2 Å². The van der Waals surface area contributed by atoms with Crippen molar-refractivity contribution in [3.63, 3.8) is 0 Å². The summed E-state index contributed by atoms with van der Waals surface area (Å²) in [5, 5.41) is 3.75. The second kappa shape index (κ2) is 7.74.